The Labute approximate surface area is 175 Å². The summed E-state index contributed by atoms with van der Waals surface area (Å²) in [6.45, 7) is 1.37. The SMILES string of the molecule is [2H]c1c([2H])c(-c2c([2H])c([2H])c(-n3c4c([2H])c([2H])c([2H])c([2H])c4c4c([2H])c([2H])c([2H])c([2H])c43)c([2H])c2[2H])c([2H])c([2H])c1C. The van der Waals surface area contributed by atoms with E-state index in [2.05, 4.69) is 0 Å². The molecule has 0 saturated carbocycles. The van der Waals surface area contributed by atoms with Crippen molar-refractivity contribution in [3.05, 3.63) is 102 Å². The van der Waals surface area contributed by atoms with E-state index in [1.54, 1.807) is 0 Å². The van der Waals surface area contributed by atoms with Crippen molar-refractivity contribution < 1.29 is 21.9 Å². The van der Waals surface area contributed by atoms with Crippen molar-refractivity contribution in [2.24, 2.45) is 0 Å². The molecule has 0 aliphatic heterocycles. The first-order valence-corrected chi connectivity index (χ1v) is 7.67. The van der Waals surface area contributed by atoms with Crippen molar-refractivity contribution in [3.8, 4) is 16.8 Å². The van der Waals surface area contributed by atoms with Gasteiger partial charge in [-0.05, 0) is 42.2 Å². The van der Waals surface area contributed by atoms with E-state index >= 15 is 0 Å². The van der Waals surface area contributed by atoms with Crippen molar-refractivity contribution in [1.29, 1.82) is 0 Å². The molecule has 4 aromatic carbocycles. The highest BCUT2D eigenvalue weighted by Gasteiger charge is 2.11. The molecule has 0 N–H and O–H groups in total. The Morgan fingerprint density at radius 1 is 0.577 bits per heavy atom. The topological polar surface area (TPSA) is 4.93 Å². The summed E-state index contributed by atoms with van der Waals surface area (Å²) < 4.78 is 136. The molecule has 0 bridgehead atoms. The molecule has 1 heteroatoms. The monoisotopic (exact) mass is 349 g/mol. The van der Waals surface area contributed by atoms with Crippen molar-refractivity contribution in [2.45, 2.75) is 6.92 Å². The predicted octanol–water partition coefficient (Wildman–Crippen LogP) is 6.76. The zero-order valence-corrected chi connectivity index (χ0v) is 13.4. The van der Waals surface area contributed by atoms with Crippen LogP contribution in [0, 0.1) is 6.92 Å². The van der Waals surface area contributed by atoms with Crippen LogP contribution in [0.1, 0.15) is 27.5 Å². The Hall–Kier alpha value is -3.32. The van der Waals surface area contributed by atoms with E-state index in [-0.39, 0.29) is 16.3 Å². The summed E-state index contributed by atoms with van der Waals surface area (Å²) in [6.07, 6.45) is 0. The lowest BCUT2D eigenvalue weighted by Crippen LogP contribution is -1.93. The lowest BCUT2D eigenvalue weighted by Gasteiger charge is -2.09. The summed E-state index contributed by atoms with van der Waals surface area (Å²) in [6, 6.07) is -10.6. The van der Waals surface area contributed by atoms with Gasteiger partial charge in [-0.2, -0.15) is 0 Å². The van der Waals surface area contributed by atoms with E-state index in [1.807, 2.05) is 0 Å². The molecule has 1 heterocycles. The molecule has 5 aromatic rings. The second-order valence-electron chi connectivity index (χ2n) is 5.51. The normalized spacial score (nSPS) is 19.9. The van der Waals surface area contributed by atoms with Crippen LogP contribution in [-0.4, -0.2) is 4.57 Å². The van der Waals surface area contributed by atoms with Crippen LogP contribution in [0.5, 0.6) is 0 Å². The number of fused-ring (bicyclic) bond motifs is 3. The molecule has 0 aliphatic rings. The first-order valence-electron chi connectivity index (χ1n) is 15.7. The van der Waals surface area contributed by atoms with Gasteiger partial charge in [-0.1, -0.05) is 78.1 Å². The van der Waals surface area contributed by atoms with E-state index < -0.39 is 125 Å². The lowest BCUT2D eigenvalue weighted by atomic mass is 10.0. The zero-order valence-electron chi connectivity index (χ0n) is 29.4. The minimum Gasteiger partial charge on any atom is -0.309 e. The Balaban J connectivity index is 2.08. The van der Waals surface area contributed by atoms with Gasteiger partial charge in [-0.3, -0.25) is 0 Å². The fraction of sp³-hybridized carbons (Fsp3) is 0.0400. The van der Waals surface area contributed by atoms with Gasteiger partial charge in [0.25, 0.3) is 0 Å². The van der Waals surface area contributed by atoms with Crippen LogP contribution in [0.25, 0.3) is 38.6 Å². The molecule has 5 rings (SSSR count). The molecule has 26 heavy (non-hydrogen) atoms. The van der Waals surface area contributed by atoms with Gasteiger partial charge in [0.2, 0.25) is 0 Å². The van der Waals surface area contributed by atoms with Crippen LogP contribution in [0.2, 0.25) is 0 Å². The molecular weight excluding hydrogens is 314 g/mol. The quantitative estimate of drug-likeness (QED) is 0.332. The number of hydrogen-bond donors (Lipinski definition) is 0. The number of nitrogens with zero attached hydrogens (tertiary/aromatic N) is 1. The summed E-state index contributed by atoms with van der Waals surface area (Å²) in [5.41, 5.74) is -2.35. The first-order chi connectivity index (χ1) is 19.5. The maximum absolute atomic E-state index is 8.87. The minimum atomic E-state index is -0.804. The second kappa shape index (κ2) is 5.89. The van der Waals surface area contributed by atoms with Gasteiger partial charge in [0.15, 0.2) is 0 Å². The summed E-state index contributed by atoms with van der Waals surface area (Å²) in [5.74, 6) is 0. The number of hydrogen-bond acceptors (Lipinski definition) is 0. The van der Waals surface area contributed by atoms with E-state index in [4.69, 9.17) is 21.9 Å². The van der Waals surface area contributed by atoms with E-state index in [9.17, 15) is 0 Å². The highest BCUT2D eigenvalue weighted by atomic mass is 15.0. The minimum absolute atomic E-state index is 0.0224. The van der Waals surface area contributed by atoms with Crippen LogP contribution < -0.4 is 0 Å². The Morgan fingerprint density at radius 3 is 1.58 bits per heavy atom. The summed E-state index contributed by atoms with van der Waals surface area (Å²) >= 11 is 0. The Bertz CT molecular complexity index is 1920. The molecule has 0 spiro atoms. The fourth-order valence-electron chi connectivity index (χ4n) is 2.69. The number of aromatic nitrogens is 1. The van der Waals surface area contributed by atoms with E-state index in [1.165, 1.54) is 6.92 Å². The molecule has 124 valence electrons. The molecular formula is C25H19N. The van der Waals surface area contributed by atoms with Crippen molar-refractivity contribution in [1.82, 2.24) is 4.57 Å². The Morgan fingerprint density at radius 2 is 1.04 bits per heavy atom. The highest BCUT2D eigenvalue weighted by molar-refractivity contribution is 6.09. The third-order valence-corrected chi connectivity index (χ3v) is 3.87. The number of rotatable bonds is 2. The summed E-state index contributed by atoms with van der Waals surface area (Å²) in [4.78, 5) is 0. The summed E-state index contributed by atoms with van der Waals surface area (Å²) in [7, 11) is 0. The zero-order chi connectivity index (χ0) is 31.4. The van der Waals surface area contributed by atoms with Crippen LogP contribution in [0.3, 0.4) is 0 Å². The molecule has 1 aromatic heterocycles. The Kier molecular flexibility index (Phi) is 1.33. The predicted molar refractivity (Wildman–Crippen MR) is 111 cm³/mol. The largest absolute Gasteiger partial charge is 0.309 e. The second-order valence-corrected chi connectivity index (χ2v) is 5.51. The molecule has 0 saturated heterocycles. The molecule has 0 aliphatic carbocycles. The van der Waals surface area contributed by atoms with E-state index in [0.29, 0.717) is 0 Å². The molecule has 0 atom stereocenters. The molecule has 1 nitrogen and oxygen atoms in total. The third kappa shape index (κ3) is 2.33. The number of para-hydroxylation sites is 2. The fourth-order valence-corrected chi connectivity index (χ4v) is 2.69. The summed E-state index contributed by atoms with van der Waals surface area (Å²) in [5, 5.41) is -0.607. The molecule has 0 radical (unpaired) electrons. The van der Waals surface area contributed by atoms with Crippen LogP contribution in [-0.2, 0) is 0 Å². The van der Waals surface area contributed by atoms with Gasteiger partial charge in [0.05, 0.1) is 33.0 Å². The highest BCUT2D eigenvalue weighted by Crippen LogP contribution is 2.32. The van der Waals surface area contributed by atoms with Gasteiger partial charge in [0.1, 0.15) is 0 Å². The first kappa shape index (κ1) is 5.85. The maximum Gasteiger partial charge on any atom is 0.0645 e. The van der Waals surface area contributed by atoms with Crippen molar-refractivity contribution in [2.75, 3.05) is 0 Å². The maximum atomic E-state index is 8.87. The van der Waals surface area contributed by atoms with Crippen LogP contribution in [0.4, 0.5) is 0 Å². The van der Waals surface area contributed by atoms with Crippen molar-refractivity contribution >= 4 is 21.8 Å². The smallest absolute Gasteiger partial charge is 0.0645 e. The average Bonchev–Trinajstić information content (AvgIpc) is 3.31. The molecule has 0 amide bonds. The van der Waals surface area contributed by atoms with E-state index in [0.717, 1.165) is 4.57 Å². The average molecular weight is 350 g/mol. The third-order valence-electron chi connectivity index (χ3n) is 3.87. The molecule has 0 unspecified atom stereocenters. The van der Waals surface area contributed by atoms with Crippen molar-refractivity contribution in [3.63, 3.8) is 0 Å². The van der Waals surface area contributed by atoms with Gasteiger partial charge in [0, 0.05) is 16.5 Å². The standard InChI is InChI=1S/C25H19N/c1-18-10-12-19(13-11-18)20-14-16-21(17-15-20)26-24-8-4-2-6-22(24)23-7-3-5-9-25(23)26/h2-17H,1H3/i2D,3D,4D,5D,6D,7D,8D,9D,10D,11D,12D,13D,14D,15D,16D,17D. The lowest BCUT2D eigenvalue weighted by molar-refractivity contribution is 1.18. The van der Waals surface area contributed by atoms with Gasteiger partial charge < -0.3 is 4.57 Å². The van der Waals surface area contributed by atoms with Gasteiger partial charge >= 0.3 is 0 Å². The van der Waals surface area contributed by atoms with Crippen LogP contribution >= 0.6 is 0 Å². The molecule has 0 fully saturated rings. The number of benzene rings is 4. The van der Waals surface area contributed by atoms with Crippen LogP contribution in [0.15, 0.2) is 96.7 Å². The van der Waals surface area contributed by atoms with Gasteiger partial charge in [-0.15, -0.1) is 0 Å². The van der Waals surface area contributed by atoms with Gasteiger partial charge in [-0.25, -0.2) is 0 Å².